The molecule has 24 heteroatoms. The minimum absolute atomic E-state index is 0.0194. The molecular weight excluding hydrogens is 1000 g/mol. The molecule has 7 atom stereocenters. The van der Waals surface area contributed by atoms with E-state index in [1.807, 2.05) is 24.3 Å². The van der Waals surface area contributed by atoms with Crippen molar-refractivity contribution in [3.05, 3.63) is 126 Å². The normalized spacial score (nSPS) is 13.8. The van der Waals surface area contributed by atoms with E-state index in [2.05, 4.69) is 57.2 Å². The van der Waals surface area contributed by atoms with E-state index >= 15 is 0 Å². The molecule has 0 fully saturated rings. The van der Waals surface area contributed by atoms with Crippen LogP contribution in [0.1, 0.15) is 68.3 Å². The van der Waals surface area contributed by atoms with Crippen molar-refractivity contribution in [1.29, 1.82) is 0 Å². The molecule has 0 saturated heterocycles. The molecule has 0 aliphatic carbocycles. The number of nitrogens with zero attached hydrogens (tertiary/aromatic N) is 2. The summed E-state index contributed by atoms with van der Waals surface area (Å²) in [6.45, 7) is 3.17. The summed E-state index contributed by atoms with van der Waals surface area (Å²) in [5.41, 5.74) is 32.2. The van der Waals surface area contributed by atoms with Gasteiger partial charge >= 0.3 is 0 Å². The van der Waals surface area contributed by atoms with Gasteiger partial charge in [-0.2, -0.15) is 0 Å². The molecule has 5 rings (SSSR count). The predicted molar refractivity (Wildman–Crippen MR) is 294 cm³/mol. The number of hydrogen-bond donors (Lipinski definition) is 14. The Morgan fingerprint density at radius 3 is 1.71 bits per heavy atom. The summed E-state index contributed by atoms with van der Waals surface area (Å²) in [5.74, 6) is -6.35. The predicted octanol–water partition coefficient (Wildman–Crippen LogP) is -1.16. The van der Waals surface area contributed by atoms with Crippen LogP contribution in [0, 0.1) is 5.92 Å². The maximum absolute atomic E-state index is 14.6. The number of unbranched alkanes of at least 4 members (excludes halogenated alkanes) is 1. The lowest BCUT2D eigenvalue weighted by molar-refractivity contribution is -0.134. The first-order valence-corrected chi connectivity index (χ1v) is 25.9. The van der Waals surface area contributed by atoms with E-state index in [1.54, 1.807) is 80.7 Å². The van der Waals surface area contributed by atoms with Gasteiger partial charge in [-0.1, -0.05) is 92.7 Å². The zero-order chi connectivity index (χ0) is 56.6. The minimum Gasteiger partial charge on any atom is -0.370 e. The molecule has 8 amide bonds. The molecule has 0 bridgehead atoms. The SMILES string of the molecule is CC(C)[C@H](NC(=O)[C@@H](Cc1ccccc1)NC(=O)[C@H](CCCCN)NC(=O)CNC(=O)[C@H](Cc1c[nH]c2ccccc12)NC(=O)[C@H](CCCN=C(N)N)NC(=O)[C@@H](Cc1ccccc1)NC(=O)[C@@H](N)Cc1cnc[nH]1)C(N)=O. The second-order valence-corrected chi connectivity index (χ2v) is 19.3. The fourth-order valence-electron chi connectivity index (χ4n) is 8.56. The highest BCUT2D eigenvalue weighted by molar-refractivity contribution is 5.97. The van der Waals surface area contributed by atoms with E-state index in [4.69, 9.17) is 28.7 Å². The number of nitrogens with two attached hydrogens (primary N) is 5. The number of aromatic nitrogens is 3. The number of aliphatic imine (C=N–C) groups is 1. The number of primary amides is 1. The smallest absolute Gasteiger partial charge is 0.243 e. The molecule has 0 aliphatic heterocycles. The van der Waals surface area contributed by atoms with Gasteiger partial charge in [0.2, 0.25) is 47.3 Å². The van der Waals surface area contributed by atoms with Crippen LogP contribution >= 0.6 is 0 Å². The number of aromatic amines is 2. The molecule has 0 spiro atoms. The third kappa shape index (κ3) is 19.5. The van der Waals surface area contributed by atoms with Crippen LogP contribution in [0.5, 0.6) is 0 Å². The number of guanidine groups is 1. The van der Waals surface area contributed by atoms with E-state index < -0.39 is 96.1 Å². The Morgan fingerprint density at radius 1 is 0.590 bits per heavy atom. The molecule has 0 radical (unpaired) electrons. The molecule has 5 aromatic rings. The summed E-state index contributed by atoms with van der Waals surface area (Å²) in [6, 6.07) is 16.8. The third-order valence-corrected chi connectivity index (χ3v) is 12.8. The van der Waals surface area contributed by atoms with E-state index in [0.717, 1.165) is 10.9 Å². The van der Waals surface area contributed by atoms with Gasteiger partial charge in [-0.3, -0.25) is 43.3 Å². The third-order valence-electron chi connectivity index (χ3n) is 12.8. The number of para-hydroxylation sites is 1. The molecular formula is C54H74N16O8. The summed E-state index contributed by atoms with van der Waals surface area (Å²) in [7, 11) is 0. The van der Waals surface area contributed by atoms with Gasteiger partial charge in [0.05, 0.1) is 18.9 Å². The largest absolute Gasteiger partial charge is 0.370 e. The van der Waals surface area contributed by atoms with Crippen LogP contribution in [0.3, 0.4) is 0 Å². The lowest BCUT2D eigenvalue weighted by Gasteiger charge is -2.26. The van der Waals surface area contributed by atoms with Crippen molar-refractivity contribution in [2.45, 2.75) is 114 Å². The minimum atomic E-state index is -1.35. The van der Waals surface area contributed by atoms with Gasteiger partial charge in [0.15, 0.2) is 5.96 Å². The highest BCUT2D eigenvalue weighted by Gasteiger charge is 2.33. The quantitative estimate of drug-likeness (QED) is 0.0138. The molecule has 0 saturated carbocycles. The average molecular weight is 1080 g/mol. The molecule has 2 heterocycles. The molecule has 19 N–H and O–H groups in total. The number of hydrogen-bond acceptors (Lipinski definition) is 12. The van der Waals surface area contributed by atoms with Crippen molar-refractivity contribution >= 4 is 64.1 Å². The van der Waals surface area contributed by atoms with Crippen LogP contribution in [-0.2, 0) is 64.0 Å². The molecule has 0 aliphatic rings. The maximum atomic E-state index is 14.6. The maximum Gasteiger partial charge on any atom is 0.243 e. The standard InChI is InChI=1S/C54H74N16O8/c1-32(2)46(47(57)72)70-53(78)43(25-34-16-7-4-8-17-34)68-50(75)40(20-11-12-22-55)65-45(71)30-63-49(74)44(26-35-28-62-39-19-10-9-18-37(35)39)69-51(76)41(21-13-23-61-54(58)59)66-52(77)42(24-33-14-5-3-6-15-33)67-48(73)38(56)27-36-29-60-31-64-36/h3-10,14-19,28-29,31-32,38,40-44,46,62H,11-13,20-27,30,55-56H2,1-2H3,(H2,57,72)(H,60,64)(H,63,74)(H,65,71)(H,66,77)(H,67,73)(H,68,75)(H,69,76)(H,70,78)(H4,58,59,61)/t38-,40-,41-,42+,43+,44-,46-/m0/s1. The van der Waals surface area contributed by atoms with Crippen LogP contribution in [0.25, 0.3) is 10.9 Å². The van der Waals surface area contributed by atoms with Gasteiger partial charge in [0.1, 0.15) is 36.3 Å². The number of amides is 8. The summed E-state index contributed by atoms with van der Waals surface area (Å²) in [6.07, 6.45) is 5.97. The second-order valence-electron chi connectivity index (χ2n) is 19.3. The van der Waals surface area contributed by atoms with Crippen molar-refractivity contribution in [1.82, 2.24) is 52.2 Å². The van der Waals surface area contributed by atoms with E-state index in [1.165, 1.54) is 12.5 Å². The highest BCUT2D eigenvalue weighted by Crippen LogP contribution is 2.20. The van der Waals surface area contributed by atoms with Crippen molar-refractivity contribution in [3.63, 3.8) is 0 Å². The first kappa shape index (κ1) is 60.2. The fourth-order valence-corrected chi connectivity index (χ4v) is 8.56. The number of rotatable bonds is 32. The average Bonchev–Trinajstić information content (AvgIpc) is 4.10. The number of carbonyl (C=O) groups is 8. The van der Waals surface area contributed by atoms with Crippen LogP contribution in [0.15, 0.2) is 109 Å². The number of fused-ring (bicyclic) bond motifs is 1. The summed E-state index contributed by atoms with van der Waals surface area (Å²) in [5, 5.41) is 19.7. The Morgan fingerprint density at radius 2 is 1.13 bits per heavy atom. The van der Waals surface area contributed by atoms with Crippen molar-refractivity contribution < 1.29 is 38.4 Å². The van der Waals surface area contributed by atoms with Crippen LogP contribution in [0.4, 0.5) is 0 Å². The van der Waals surface area contributed by atoms with Crippen molar-refractivity contribution in [2.24, 2.45) is 39.6 Å². The molecule has 3 aromatic carbocycles. The Labute approximate surface area is 452 Å². The van der Waals surface area contributed by atoms with Gasteiger partial charge in [-0.05, 0) is 67.3 Å². The summed E-state index contributed by atoms with van der Waals surface area (Å²) in [4.78, 5) is 125. The topological polar surface area (TPSA) is 408 Å². The number of benzene rings is 3. The summed E-state index contributed by atoms with van der Waals surface area (Å²) < 4.78 is 0. The monoisotopic (exact) mass is 1070 g/mol. The van der Waals surface area contributed by atoms with Gasteiger partial charge in [-0.15, -0.1) is 0 Å². The van der Waals surface area contributed by atoms with Gasteiger partial charge in [-0.25, -0.2) is 4.98 Å². The Balaban J connectivity index is 1.36. The zero-order valence-electron chi connectivity index (χ0n) is 44.0. The van der Waals surface area contributed by atoms with Crippen LogP contribution in [-0.4, -0.2) is 130 Å². The highest BCUT2D eigenvalue weighted by atomic mass is 16.2. The Kier molecular flexibility index (Phi) is 23.8. The van der Waals surface area contributed by atoms with E-state index in [-0.39, 0.29) is 63.4 Å². The molecule has 418 valence electrons. The van der Waals surface area contributed by atoms with Crippen LogP contribution in [0.2, 0.25) is 0 Å². The van der Waals surface area contributed by atoms with Crippen molar-refractivity contribution in [2.75, 3.05) is 19.6 Å². The van der Waals surface area contributed by atoms with Crippen molar-refractivity contribution in [3.8, 4) is 0 Å². The summed E-state index contributed by atoms with van der Waals surface area (Å²) >= 11 is 0. The number of H-pyrrole nitrogens is 2. The first-order chi connectivity index (χ1) is 37.4. The molecule has 24 nitrogen and oxygen atoms in total. The van der Waals surface area contributed by atoms with E-state index in [0.29, 0.717) is 41.8 Å². The zero-order valence-corrected chi connectivity index (χ0v) is 44.0. The van der Waals surface area contributed by atoms with E-state index in [9.17, 15) is 38.4 Å². The number of imidazole rings is 1. The number of carbonyl (C=O) groups excluding carboxylic acids is 8. The fraction of sp³-hybridized carbons (Fsp3) is 0.407. The molecule has 78 heavy (non-hydrogen) atoms. The molecule has 2 aromatic heterocycles. The Hall–Kier alpha value is -8.64. The lowest BCUT2D eigenvalue weighted by Crippen LogP contribution is -2.59. The lowest BCUT2D eigenvalue weighted by atomic mass is 10.0. The van der Waals surface area contributed by atoms with Gasteiger partial charge in [0, 0.05) is 61.2 Å². The Bertz CT molecular complexity index is 2790. The molecule has 0 unspecified atom stereocenters. The second kappa shape index (κ2) is 30.8. The van der Waals surface area contributed by atoms with Crippen LogP contribution < -0.4 is 65.9 Å². The van der Waals surface area contributed by atoms with Gasteiger partial charge < -0.3 is 75.9 Å². The van der Waals surface area contributed by atoms with Gasteiger partial charge in [0.25, 0.3) is 0 Å². The first-order valence-electron chi connectivity index (χ1n) is 25.9. The number of nitrogens with one attached hydrogen (secondary N) is 9.